The molecule has 2 aliphatic heterocycles. The van der Waals surface area contributed by atoms with Crippen molar-refractivity contribution in [1.29, 1.82) is 0 Å². The molecule has 2 aromatic carbocycles. The predicted octanol–water partition coefficient (Wildman–Crippen LogP) is 5.24. The molecular weight excluding hydrogens is 707 g/mol. The molecule has 16 heteroatoms. The van der Waals surface area contributed by atoms with Crippen LogP contribution in [0.15, 0.2) is 41.3 Å². The van der Waals surface area contributed by atoms with E-state index in [0.29, 0.717) is 46.6 Å². The number of amides is 1. The number of thiazole rings is 1. The minimum atomic E-state index is -4.36. The Bertz CT molecular complexity index is 1780. The second-order valence-electron chi connectivity index (χ2n) is 14.1. The van der Waals surface area contributed by atoms with Crippen LogP contribution in [0.5, 0.6) is 5.75 Å². The second kappa shape index (κ2) is 15.8. The predicted molar refractivity (Wildman–Crippen MR) is 188 cm³/mol. The standard InChI is InChI=1S/C35H46F2N4O8S2/c1-35(2,37)20-41(51(44,45)24-9-10-27-31(17-24)50-33(39-27)38-23-7-8-23)18-29(42)28(16-21-6-11-30(46-3)26(36)15-21)40-34(43)48-14-12-22-19-49-32-25(22)5-4-13-47-32/h6,9-11,15,17,22-23,25,28-29,32,42H,4-5,7-8,12-14,16,18-20H2,1-3H3,(H,38,39)(H,40,43)/t22?,25-,28+,29-,32+/m1/s1. The Morgan fingerprint density at radius 1 is 1.20 bits per heavy atom. The number of aromatic nitrogens is 1. The molecule has 6 rings (SSSR count). The summed E-state index contributed by atoms with van der Waals surface area (Å²) in [4.78, 5) is 17.6. The zero-order chi connectivity index (χ0) is 36.3. The highest BCUT2D eigenvalue weighted by Crippen LogP contribution is 2.37. The van der Waals surface area contributed by atoms with Crippen LogP contribution in [0.25, 0.3) is 10.2 Å². The molecule has 12 nitrogen and oxygen atoms in total. The van der Waals surface area contributed by atoms with Crippen LogP contribution in [-0.2, 0) is 30.7 Å². The van der Waals surface area contributed by atoms with Gasteiger partial charge in [0.1, 0.15) is 5.67 Å². The minimum Gasteiger partial charge on any atom is -0.494 e. The lowest BCUT2D eigenvalue weighted by Crippen LogP contribution is -2.52. The fourth-order valence-corrected chi connectivity index (χ4v) is 9.29. The second-order valence-corrected chi connectivity index (χ2v) is 17.1. The maximum Gasteiger partial charge on any atom is 0.407 e. The number of methoxy groups -OCH3 is 1. The number of alkyl halides is 1. The molecular formula is C35H46F2N4O8S2. The van der Waals surface area contributed by atoms with E-state index in [0.717, 1.165) is 30.0 Å². The number of carbonyl (C=O) groups is 1. The van der Waals surface area contributed by atoms with Crippen molar-refractivity contribution in [3.63, 3.8) is 0 Å². The number of aliphatic hydroxyl groups is 1. The van der Waals surface area contributed by atoms with E-state index in [2.05, 4.69) is 15.6 Å². The molecule has 1 unspecified atom stereocenters. The van der Waals surface area contributed by atoms with Crippen LogP contribution in [0.1, 0.15) is 51.5 Å². The van der Waals surface area contributed by atoms with Crippen molar-refractivity contribution in [3.05, 3.63) is 47.8 Å². The number of halogens is 2. The largest absolute Gasteiger partial charge is 0.494 e. The van der Waals surface area contributed by atoms with Gasteiger partial charge in [0.25, 0.3) is 0 Å². The summed E-state index contributed by atoms with van der Waals surface area (Å²) in [6, 6.07) is 7.94. The number of anilines is 1. The third-order valence-electron chi connectivity index (χ3n) is 9.40. The summed E-state index contributed by atoms with van der Waals surface area (Å²) < 4.78 is 81.5. The number of nitrogens with one attached hydrogen (secondary N) is 2. The van der Waals surface area contributed by atoms with Crippen molar-refractivity contribution in [2.75, 3.05) is 45.3 Å². The van der Waals surface area contributed by atoms with E-state index in [1.807, 2.05) is 0 Å². The van der Waals surface area contributed by atoms with Gasteiger partial charge in [-0.05, 0) is 94.2 Å². The molecule has 3 fully saturated rings. The van der Waals surface area contributed by atoms with Gasteiger partial charge in [0.15, 0.2) is 23.0 Å². The lowest BCUT2D eigenvalue weighted by Gasteiger charge is -2.32. The molecule has 1 amide bonds. The van der Waals surface area contributed by atoms with Gasteiger partial charge in [-0.2, -0.15) is 4.31 Å². The van der Waals surface area contributed by atoms with Crippen LogP contribution >= 0.6 is 11.3 Å². The number of sulfonamides is 1. The first-order valence-corrected chi connectivity index (χ1v) is 19.6. The van der Waals surface area contributed by atoms with Crippen molar-refractivity contribution < 1.29 is 46.0 Å². The smallest absolute Gasteiger partial charge is 0.407 e. The van der Waals surface area contributed by atoms with Crippen molar-refractivity contribution in [2.45, 2.75) is 87.4 Å². The van der Waals surface area contributed by atoms with Crippen molar-refractivity contribution >= 4 is 42.8 Å². The summed E-state index contributed by atoms with van der Waals surface area (Å²) in [6.45, 7) is 2.59. The van der Waals surface area contributed by atoms with E-state index in [1.165, 1.54) is 56.6 Å². The fraction of sp³-hybridized carbons (Fsp3) is 0.600. The molecule has 3 N–H and O–H groups in total. The molecule has 0 bridgehead atoms. The molecule has 3 aliphatic rings. The quantitative estimate of drug-likeness (QED) is 0.177. The van der Waals surface area contributed by atoms with E-state index >= 15 is 4.39 Å². The Balaban J connectivity index is 1.18. The summed E-state index contributed by atoms with van der Waals surface area (Å²) >= 11 is 1.33. The number of rotatable bonds is 16. The van der Waals surface area contributed by atoms with Crippen molar-refractivity contribution in [1.82, 2.24) is 14.6 Å². The first-order chi connectivity index (χ1) is 24.3. The molecule has 5 atom stereocenters. The molecule has 1 aliphatic carbocycles. The lowest BCUT2D eigenvalue weighted by molar-refractivity contribution is -0.151. The Hall–Kier alpha value is -3.15. The molecule has 1 saturated carbocycles. The third-order valence-corrected chi connectivity index (χ3v) is 12.2. The number of aliphatic hydroxyl groups excluding tert-OH is 1. The van der Waals surface area contributed by atoms with Crippen LogP contribution in [-0.4, -0.2) is 99.1 Å². The molecule has 1 aromatic heterocycles. The highest BCUT2D eigenvalue weighted by molar-refractivity contribution is 7.89. The highest BCUT2D eigenvalue weighted by Gasteiger charge is 2.40. The van der Waals surface area contributed by atoms with E-state index in [1.54, 1.807) is 12.1 Å². The zero-order valence-electron chi connectivity index (χ0n) is 29.0. The van der Waals surface area contributed by atoms with Gasteiger partial charge in [0, 0.05) is 31.7 Å². The summed E-state index contributed by atoms with van der Waals surface area (Å²) in [5.41, 5.74) is -0.951. The summed E-state index contributed by atoms with van der Waals surface area (Å²) in [5.74, 6) is -0.233. The number of hydrogen-bond donors (Lipinski definition) is 3. The maximum atomic E-state index is 15.2. The molecule has 0 spiro atoms. The molecule has 0 radical (unpaired) electrons. The number of nitrogens with zero attached hydrogens (tertiary/aromatic N) is 2. The average molecular weight is 753 g/mol. The van der Waals surface area contributed by atoms with Crippen LogP contribution in [0.3, 0.4) is 0 Å². The zero-order valence-corrected chi connectivity index (χ0v) is 30.6. The number of carbonyl (C=O) groups excluding carboxylic acids is 1. The van der Waals surface area contributed by atoms with Crippen LogP contribution < -0.4 is 15.4 Å². The average Bonchev–Trinajstić information content (AvgIpc) is 3.65. The van der Waals surface area contributed by atoms with Gasteiger partial charge in [0.2, 0.25) is 10.0 Å². The molecule has 280 valence electrons. The normalized spacial score (nSPS) is 22.1. The SMILES string of the molecule is COc1ccc(C[C@H](NC(=O)OCCC2CO[C@@H]3OCCC[C@H]23)[C@H](O)CN(CC(C)(C)F)S(=O)(=O)c2ccc3nc(NC4CC4)sc3c2)cc1F. The summed E-state index contributed by atoms with van der Waals surface area (Å²) in [5, 5.41) is 18.3. The fourth-order valence-electron chi connectivity index (χ4n) is 6.60. The Morgan fingerprint density at radius 2 is 2.00 bits per heavy atom. The highest BCUT2D eigenvalue weighted by atomic mass is 32.2. The lowest BCUT2D eigenvalue weighted by atomic mass is 9.87. The number of hydrogen-bond acceptors (Lipinski definition) is 11. The number of alkyl carbamates (subject to hydrolysis) is 1. The third kappa shape index (κ3) is 9.64. The summed E-state index contributed by atoms with van der Waals surface area (Å²) in [7, 11) is -3.02. The van der Waals surface area contributed by atoms with Gasteiger partial charge in [-0.1, -0.05) is 17.4 Å². The van der Waals surface area contributed by atoms with E-state index in [-0.39, 0.29) is 41.8 Å². The molecule has 51 heavy (non-hydrogen) atoms. The minimum absolute atomic E-state index is 0.0144. The number of benzene rings is 2. The Labute approximate surface area is 300 Å². The number of fused-ring (bicyclic) bond motifs is 2. The Morgan fingerprint density at radius 3 is 2.73 bits per heavy atom. The van der Waals surface area contributed by atoms with Gasteiger partial charge >= 0.3 is 6.09 Å². The van der Waals surface area contributed by atoms with E-state index in [4.69, 9.17) is 18.9 Å². The molecule has 3 heterocycles. The van der Waals surface area contributed by atoms with Crippen LogP contribution in [0, 0.1) is 17.7 Å². The topological polar surface area (TPSA) is 149 Å². The van der Waals surface area contributed by atoms with Gasteiger partial charge in [-0.15, -0.1) is 0 Å². The summed E-state index contributed by atoms with van der Waals surface area (Å²) in [6.07, 6.45) is 1.86. The van der Waals surface area contributed by atoms with Crippen LogP contribution in [0.2, 0.25) is 0 Å². The van der Waals surface area contributed by atoms with Crippen molar-refractivity contribution in [2.24, 2.45) is 11.8 Å². The molecule has 2 saturated heterocycles. The van der Waals surface area contributed by atoms with E-state index in [9.17, 15) is 22.7 Å². The van der Waals surface area contributed by atoms with Crippen LogP contribution in [0.4, 0.5) is 18.7 Å². The van der Waals surface area contributed by atoms with Gasteiger partial charge in [-0.25, -0.2) is 27.0 Å². The maximum absolute atomic E-state index is 15.2. The van der Waals surface area contributed by atoms with Gasteiger partial charge in [-0.3, -0.25) is 0 Å². The number of ether oxygens (including phenoxy) is 4. The van der Waals surface area contributed by atoms with Gasteiger partial charge in [0.05, 0.1) is 47.6 Å². The molecule has 3 aromatic rings. The Kier molecular flexibility index (Phi) is 11.7. The monoisotopic (exact) mass is 752 g/mol. The van der Waals surface area contributed by atoms with E-state index < -0.39 is 52.8 Å². The van der Waals surface area contributed by atoms with Crippen molar-refractivity contribution in [3.8, 4) is 5.75 Å². The first-order valence-electron chi connectivity index (χ1n) is 17.3. The first kappa shape index (κ1) is 37.6. The van der Waals surface area contributed by atoms with Gasteiger partial charge < -0.3 is 34.7 Å².